The van der Waals surface area contributed by atoms with Gasteiger partial charge in [0, 0.05) is 23.9 Å². The number of amides is 1. The molecule has 198 valence electrons. The molecule has 3 rings (SSSR count). The van der Waals surface area contributed by atoms with Crippen molar-refractivity contribution in [2.75, 3.05) is 13.7 Å². The Kier molecular flexibility index (Phi) is 10.4. The van der Waals surface area contributed by atoms with Crippen molar-refractivity contribution in [2.45, 2.75) is 82.8 Å². The fourth-order valence-electron chi connectivity index (χ4n) is 4.84. The molecule has 1 fully saturated rings. The summed E-state index contributed by atoms with van der Waals surface area (Å²) in [6.07, 6.45) is 4.75. The van der Waals surface area contributed by atoms with Crippen LogP contribution < -0.4 is 0 Å². The van der Waals surface area contributed by atoms with Crippen LogP contribution in [0.5, 0.6) is 0 Å². The zero-order chi connectivity index (χ0) is 26.1. The molecule has 0 radical (unpaired) electrons. The Hall–Kier alpha value is -2.32. The average Bonchev–Trinajstić information content (AvgIpc) is 3.43. The van der Waals surface area contributed by atoms with Crippen molar-refractivity contribution in [3.8, 4) is 0 Å². The Balaban J connectivity index is 1.43. The van der Waals surface area contributed by atoms with Gasteiger partial charge in [-0.2, -0.15) is 8.78 Å². The van der Waals surface area contributed by atoms with Gasteiger partial charge in [-0.1, -0.05) is 43.7 Å². The molecule has 2 aromatic rings. The number of rotatable bonds is 14. The van der Waals surface area contributed by atoms with Gasteiger partial charge in [-0.15, -0.1) is 11.3 Å². The molecule has 2 heterocycles. The van der Waals surface area contributed by atoms with Crippen LogP contribution in [-0.4, -0.2) is 53.6 Å². The van der Waals surface area contributed by atoms with Crippen LogP contribution in [-0.2, 0) is 22.4 Å². The van der Waals surface area contributed by atoms with Gasteiger partial charge in [-0.05, 0) is 68.6 Å². The molecule has 1 aromatic carbocycles. The lowest BCUT2D eigenvalue weighted by Gasteiger charge is -2.26. The molecule has 1 amide bonds. The topological polar surface area (TPSA) is 66.8 Å². The molecule has 1 aliphatic rings. The van der Waals surface area contributed by atoms with E-state index in [1.165, 1.54) is 28.9 Å². The van der Waals surface area contributed by atoms with Crippen LogP contribution >= 0.6 is 11.3 Å². The van der Waals surface area contributed by atoms with E-state index in [2.05, 4.69) is 12.1 Å². The fraction of sp³-hybridized carbons (Fsp3) is 0.571. The summed E-state index contributed by atoms with van der Waals surface area (Å²) in [6.45, 7) is 2.23. The second-order valence-electron chi connectivity index (χ2n) is 9.78. The summed E-state index contributed by atoms with van der Waals surface area (Å²) in [5.74, 6) is -4.78. The number of hydrogen-bond donors (Lipinski definition) is 1. The van der Waals surface area contributed by atoms with Gasteiger partial charge in [-0.25, -0.2) is 4.79 Å². The summed E-state index contributed by atoms with van der Waals surface area (Å²) in [5.41, 5.74) is 1.31. The number of halogens is 2. The summed E-state index contributed by atoms with van der Waals surface area (Å²) >= 11 is 1.31. The number of unbranched alkanes of at least 4 members (excludes halogenated alkanes) is 1. The number of esters is 1. The van der Waals surface area contributed by atoms with Crippen LogP contribution in [0.15, 0.2) is 42.5 Å². The lowest BCUT2D eigenvalue weighted by Crippen LogP contribution is -2.37. The summed E-state index contributed by atoms with van der Waals surface area (Å²) in [6, 6.07) is 13.2. The average molecular weight is 522 g/mol. The van der Waals surface area contributed by atoms with E-state index < -0.39 is 36.4 Å². The van der Waals surface area contributed by atoms with Crippen molar-refractivity contribution in [1.82, 2.24) is 4.90 Å². The first kappa shape index (κ1) is 28.3. The number of alkyl halides is 2. The summed E-state index contributed by atoms with van der Waals surface area (Å²) in [7, 11) is 1.32. The Bertz CT molecular complexity index is 981. The number of methoxy groups -OCH3 is 1. The van der Waals surface area contributed by atoms with Gasteiger partial charge < -0.3 is 14.7 Å². The zero-order valence-corrected chi connectivity index (χ0v) is 21.9. The maximum Gasteiger partial charge on any atom is 0.348 e. The van der Waals surface area contributed by atoms with Gasteiger partial charge in [0.25, 0.3) is 5.91 Å². The highest BCUT2D eigenvalue weighted by molar-refractivity contribution is 7.13. The largest absolute Gasteiger partial charge is 0.465 e. The number of ether oxygens (including phenoxy) is 1. The molecule has 0 saturated carbocycles. The molecule has 0 spiro atoms. The minimum atomic E-state index is -3.35. The van der Waals surface area contributed by atoms with Gasteiger partial charge in [0.15, 0.2) is 0 Å². The zero-order valence-electron chi connectivity index (χ0n) is 21.1. The summed E-state index contributed by atoms with van der Waals surface area (Å²) < 4.78 is 33.2. The SMILES string of the molecule is COC(=O)c1ccc(CCCN2C(=O)C(F)(F)CC2CC[C@@H](O)[C@H](C)CCCCc2ccccc2)s1. The third-order valence-electron chi connectivity index (χ3n) is 7.05. The normalized spacial score (nSPS) is 18.9. The van der Waals surface area contributed by atoms with Crippen LogP contribution in [0.2, 0.25) is 0 Å². The molecule has 1 unspecified atom stereocenters. The van der Waals surface area contributed by atoms with Crippen LogP contribution in [0.25, 0.3) is 0 Å². The number of carbonyl (C=O) groups excluding carboxylic acids is 2. The third kappa shape index (κ3) is 7.84. The minimum Gasteiger partial charge on any atom is -0.465 e. The standard InChI is InChI=1S/C28H37F2NO4S/c1-20(9-6-7-12-21-10-4-3-5-11-21)24(32)16-14-22-19-28(29,30)27(34)31(22)18-8-13-23-15-17-25(36-23)26(33)35-2/h3-5,10-11,15,17,20,22,24,32H,6-9,12-14,16,18-19H2,1-2H3/t20-,22?,24-/m1/s1. The van der Waals surface area contributed by atoms with E-state index in [0.717, 1.165) is 30.6 Å². The number of benzene rings is 1. The molecule has 0 bridgehead atoms. The van der Waals surface area contributed by atoms with E-state index in [0.29, 0.717) is 30.6 Å². The fourth-order valence-corrected chi connectivity index (χ4v) is 5.81. The van der Waals surface area contributed by atoms with Crippen molar-refractivity contribution in [2.24, 2.45) is 5.92 Å². The number of aliphatic hydroxyl groups is 1. The molecule has 8 heteroatoms. The van der Waals surface area contributed by atoms with Gasteiger partial charge in [0.2, 0.25) is 0 Å². The molecular weight excluding hydrogens is 484 g/mol. The van der Waals surface area contributed by atoms with Crippen molar-refractivity contribution in [3.63, 3.8) is 0 Å². The lowest BCUT2D eigenvalue weighted by atomic mass is 9.92. The van der Waals surface area contributed by atoms with Gasteiger partial charge in [0.1, 0.15) is 4.88 Å². The molecule has 1 aromatic heterocycles. The molecular formula is C28H37F2NO4S. The van der Waals surface area contributed by atoms with Crippen molar-refractivity contribution < 1.29 is 28.2 Å². The van der Waals surface area contributed by atoms with Crippen LogP contribution in [0.1, 0.15) is 72.0 Å². The van der Waals surface area contributed by atoms with Crippen LogP contribution in [0, 0.1) is 5.92 Å². The Morgan fingerprint density at radius 2 is 1.89 bits per heavy atom. The van der Waals surface area contributed by atoms with Crippen LogP contribution in [0.4, 0.5) is 8.78 Å². The lowest BCUT2D eigenvalue weighted by molar-refractivity contribution is -0.148. The van der Waals surface area contributed by atoms with Crippen molar-refractivity contribution in [3.05, 3.63) is 57.8 Å². The van der Waals surface area contributed by atoms with Crippen LogP contribution in [0.3, 0.4) is 0 Å². The van der Waals surface area contributed by atoms with Gasteiger partial charge in [0.05, 0.1) is 13.2 Å². The quantitative estimate of drug-likeness (QED) is 0.249. The monoisotopic (exact) mass is 521 g/mol. The van der Waals surface area contributed by atoms with Gasteiger partial charge >= 0.3 is 11.9 Å². The van der Waals surface area contributed by atoms with E-state index in [-0.39, 0.29) is 12.5 Å². The van der Waals surface area contributed by atoms with E-state index in [1.807, 2.05) is 31.2 Å². The number of carbonyl (C=O) groups is 2. The number of aryl methyl sites for hydroxylation is 2. The molecule has 5 nitrogen and oxygen atoms in total. The summed E-state index contributed by atoms with van der Waals surface area (Å²) in [5, 5.41) is 10.6. The predicted molar refractivity (Wildman–Crippen MR) is 137 cm³/mol. The Morgan fingerprint density at radius 3 is 2.61 bits per heavy atom. The van der Waals surface area contributed by atoms with E-state index in [4.69, 9.17) is 4.74 Å². The van der Waals surface area contributed by atoms with E-state index in [9.17, 15) is 23.5 Å². The Labute approximate surface area is 216 Å². The number of hydrogen-bond acceptors (Lipinski definition) is 5. The minimum absolute atomic E-state index is 0.0784. The van der Waals surface area contributed by atoms with E-state index >= 15 is 0 Å². The highest BCUT2D eigenvalue weighted by atomic mass is 32.1. The smallest absolute Gasteiger partial charge is 0.348 e. The molecule has 1 N–H and O–H groups in total. The predicted octanol–water partition coefficient (Wildman–Crippen LogP) is 5.89. The second-order valence-corrected chi connectivity index (χ2v) is 10.9. The number of thiophene rings is 1. The second kappa shape index (κ2) is 13.3. The first-order valence-electron chi connectivity index (χ1n) is 12.8. The maximum atomic E-state index is 14.2. The maximum absolute atomic E-state index is 14.2. The third-order valence-corrected chi connectivity index (χ3v) is 8.17. The van der Waals surface area contributed by atoms with Crippen molar-refractivity contribution in [1.29, 1.82) is 0 Å². The Morgan fingerprint density at radius 1 is 1.14 bits per heavy atom. The molecule has 0 aliphatic carbocycles. The number of likely N-dealkylation sites (tertiary alicyclic amines) is 1. The molecule has 1 aliphatic heterocycles. The number of aliphatic hydroxyl groups excluding tert-OH is 1. The first-order chi connectivity index (χ1) is 17.2. The molecule has 1 saturated heterocycles. The van der Waals surface area contributed by atoms with E-state index in [1.54, 1.807) is 6.07 Å². The highest BCUT2D eigenvalue weighted by Gasteiger charge is 2.52. The van der Waals surface area contributed by atoms with Crippen molar-refractivity contribution >= 4 is 23.2 Å². The van der Waals surface area contributed by atoms with Gasteiger partial charge in [-0.3, -0.25) is 4.79 Å². The first-order valence-corrected chi connectivity index (χ1v) is 13.6. The number of nitrogens with zero attached hydrogens (tertiary/aromatic N) is 1. The summed E-state index contributed by atoms with van der Waals surface area (Å²) in [4.78, 5) is 26.7. The molecule has 36 heavy (non-hydrogen) atoms. The molecule has 3 atom stereocenters. The highest BCUT2D eigenvalue weighted by Crippen LogP contribution is 2.36.